The van der Waals surface area contributed by atoms with Crippen molar-refractivity contribution in [2.75, 3.05) is 13.2 Å². The number of fused-ring (bicyclic) bond motifs is 2. The molecule has 1 aliphatic carbocycles. The third-order valence-corrected chi connectivity index (χ3v) is 5.65. The lowest BCUT2D eigenvalue weighted by Crippen LogP contribution is -2.36. The highest BCUT2D eigenvalue weighted by molar-refractivity contribution is 7.10. The van der Waals surface area contributed by atoms with Gasteiger partial charge in [0.15, 0.2) is 6.61 Å². The lowest BCUT2D eigenvalue weighted by molar-refractivity contribution is -0.140. The van der Waals surface area contributed by atoms with Crippen LogP contribution in [0.2, 0.25) is 0 Å². The average molecular weight is 446 g/mol. The largest absolute Gasteiger partial charge is 0.452 e. The van der Waals surface area contributed by atoms with Crippen LogP contribution < -0.4 is 5.32 Å². The predicted octanol–water partition coefficient (Wildman–Crippen LogP) is 4.62. The first-order valence-electron chi connectivity index (χ1n) is 9.48. The number of pyridine rings is 1. The molecule has 0 atom stereocenters. The monoisotopic (exact) mass is 446 g/mol. The Morgan fingerprint density at radius 3 is 2.71 bits per heavy atom. The van der Waals surface area contributed by atoms with E-state index in [0.29, 0.717) is 35.0 Å². The summed E-state index contributed by atoms with van der Waals surface area (Å²) in [6.07, 6.45) is -1.22. The Morgan fingerprint density at radius 1 is 1.16 bits per heavy atom. The summed E-state index contributed by atoms with van der Waals surface area (Å²) in [5, 5.41) is 4.25. The van der Waals surface area contributed by atoms with E-state index in [2.05, 4.69) is 0 Å². The van der Waals surface area contributed by atoms with Gasteiger partial charge in [0.05, 0.1) is 16.8 Å². The average Bonchev–Trinajstić information content (AvgIpc) is 3.39. The van der Waals surface area contributed by atoms with Crippen LogP contribution in [-0.4, -0.2) is 36.2 Å². The van der Waals surface area contributed by atoms with Crippen LogP contribution in [0.5, 0.6) is 0 Å². The molecule has 0 spiro atoms. The third-order valence-electron chi connectivity index (χ3n) is 4.83. The number of thiophene rings is 1. The number of alkyl halides is 3. The number of benzene rings is 1. The molecular weight excluding hydrogens is 429 g/mol. The Morgan fingerprint density at radius 2 is 1.97 bits per heavy atom. The SMILES string of the molecule is O=C(COC(=O)c1c2c(nc3ccccc13)C(=Cc1cccs1)CC2)NCC(F)(F)F. The number of nitrogens with zero attached hydrogens (tertiary/aromatic N) is 1. The summed E-state index contributed by atoms with van der Waals surface area (Å²) in [5.74, 6) is -1.77. The number of hydrogen-bond donors (Lipinski definition) is 1. The fourth-order valence-corrected chi connectivity index (χ4v) is 4.19. The van der Waals surface area contributed by atoms with Crippen molar-refractivity contribution in [1.29, 1.82) is 0 Å². The molecule has 1 aromatic carbocycles. The van der Waals surface area contributed by atoms with Gasteiger partial charge < -0.3 is 10.1 Å². The molecule has 0 saturated carbocycles. The number of para-hydroxylation sites is 1. The Kier molecular flexibility index (Phi) is 5.77. The van der Waals surface area contributed by atoms with Crippen LogP contribution in [0.25, 0.3) is 22.6 Å². The number of ether oxygens (including phenoxy) is 1. The van der Waals surface area contributed by atoms with Crippen molar-refractivity contribution in [2.24, 2.45) is 0 Å². The number of halogens is 3. The molecule has 160 valence electrons. The van der Waals surface area contributed by atoms with Crippen molar-refractivity contribution >= 4 is 45.8 Å². The zero-order chi connectivity index (χ0) is 22.0. The smallest absolute Gasteiger partial charge is 0.405 e. The molecule has 4 rings (SSSR count). The second-order valence-corrected chi connectivity index (χ2v) is 7.96. The fourth-order valence-electron chi connectivity index (χ4n) is 3.51. The first-order valence-corrected chi connectivity index (χ1v) is 10.4. The fraction of sp³-hybridized carbons (Fsp3) is 0.227. The quantitative estimate of drug-likeness (QED) is 0.581. The van der Waals surface area contributed by atoms with E-state index in [1.54, 1.807) is 40.9 Å². The summed E-state index contributed by atoms with van der Waals surface area (Å²) in [5.41, 5.74) is 3.34. The van der Waals surface area contributed by atoms with Crippen molar-refractivity contribution in [2.45, 2.75) is 19.0 Å². The number of allylic oxidation sites excluding steroid dienone is 1. The second kappa shape index (κ2) is 8.50. The van der Waals surface area contributed by atoms with E-state index in [1.807, 2.05) is 23.6 Å². The minimum Gasteiger partial charge on any atom is -0.452 e. The van der Waals surface area contributed by atoms with Gasteiger partial charge in [-0.2, -0.15) is 13.2 Å². The van der Waals surface area contributed by atoms with Gasteiger partial charge in [-0.1, -0.05) is 24.3 Å². The standard InChI is InChI=1S/C22H17F3N2O3S/c23-22(24,25)12-26-18(28)11-30-21(29)19-15-5-1-2-6-17(15)27-20-13(7-8-16(19)20)10-14-4-3-9-31-14/h1-6,9-10H,7-8,11-12H2,(H,26,28). The molecule has 0 radical (unpaired) electrons. The summed E-state index contributed by atoms with van der Waals surface area (Å²) in [6, 6.07) is 11.0. The Balaban J connectivity index is 1.63. The molecule has 9 heteroatoms. The first kappa shape index (κ1) is 21.0. The van der Waals surface area contributed by atoms with Gasteiger partial charge in [0.2, 0.25) is 0 Å². The minimum absolute atomic E-state index is 0.304. The lowest BCUT2D eigenvalue weighted by Gasteiger charge is -2.13. The van der Waals surface area contributed by atoms with Gasteiger partial charge in [0.1, 0.15) is 6.54 Å². The molecule has 0 fully saturated rings. The molecule has 1 amide bonds. The van der Waals surface area contributed by atoms with Crippen LogP contribution in [0.4, 0.5) is 13.2 Å². The highest BCUT2D eigenvalue weighted by atomic mass is 32.1. The number of carbonyl (C=O) groups is 2. The maximum Gasteiger partial charge on any atom is 0.405 e. The molecule has 2 heterocycles. The zero-order valence-corrected chi connectivity index (χ0v) is 17.0. The highest BCUT2D eigenvalue weighted by Crippen LogP contribution is 2.38. The summed E-state index contributed by atoms with van der Waals surface area (Å²) in [6.45, 7) is -2.27. The minimum atomic E-state index is -4.53. The van der Waals surface area contributed by atoms with Crippen LogP contribution in [0, 0.1) is 0 Å². The van der Waals surface area contributed by atoms with E-state index in [0.717, 1.165) is 16.0 Å². The maximum absolute atomic E-state index is 12.9. The van der Waals surface area contributed by atoms with Crippen molar-refractivity contribution in [3.8, 4) is 0 Å². The molecule has 0 unspecified atom stereocenters. The summed E-state index contributed by atoms with van der Waals surface area (Å²) >= 11 is 1.60. The van der Waals surface area contributed by atoms with E-state index < -0.39 is 31.2 Å². The highest BCUT2D eigenvalue weighted by Gasteiger charge is 2.29. The van der Waals surface area contributed by atoms with Gasteiger partial charge >= 0.3 is 12.1 Å². The normalized spacial score (nSPS) is 14.6. The molecule has 2 aromatic heterocycles. The van der Waals surface area contributed by atoms with E-state index in [4.69, 9.17) is 9.72 Å². The number of esters is 1. The number of amides is 1. The predicted molar refractivity (Wildman–Crippen MR) is 112 cm³/mol. The van der Waals surface area contributed by atoms with Gasteiger partial charge in [0.25, 0.3) is 5.91 Å². The third kappa shape index (κ3) is 4.77. The topological polar surface area (TPSA) is 68.3 Å². The van der Waals surface area contributed by atoms with E-state index in [1.165, 1.54) is 0 Å². The number of aromatic nitrogens is 1. The molecule has 31 heavy (non-hydrogen) atoms. The number of carbonyl (C=O) groups excluding carboxylic acids is 2. The van der Waals surface area contributed by atoms with Gasteiger partial charge in [-0.3, -0.25) is 4.79 Å². The summed E-state index contributed by atoms with van der Waals surface area (Å²) in [7, 11) is 0. The molecule has 0 aliphatic heterocycles. The van der Waals surface area contributed by atoms with Crippen LogP contribution in [0.15, 0.2) is 41.8 Å². The van der Waals surface area contributed by atoms with Crippen LogP contribution >= 0.6 is 11.3 Å². The lowest BCUT2D eigenvalue weighted by atomic mass is 10.0. The maximum atomic E-state index is 12.9. The van der Waals surface area contributed by atoms with Gasteiger partial charge in [-0.15, -0.1) is 11.3 Å². The Labute approximate surface area is 179 Å². The van der Waals surface area contributed by atoms with E-state index in [-0.39, 0.29) is 0 Å². The van der Waals surface area contributed by atoms with Gasteiger partial charge in [-0.05, 0) is 47.6 Å². The Bertz CT molecular complexity index is 1170. The number of hydrogen-bond acceptors (Lipinski definition) is 5. The van der Waals surface area contributed by atoms with Crippen molar-refractivity contribution < 1.29 is 27.5 Å². The molecule has 5 nitrogen and oxygen atoms in total. The zero-order valence-electron chi connectivity index (χ0n) is 16.2. The van der Waals surface area contributed by atoms with E-state index >= 15 is 0 Å². The molecule has 1 aliphatic rings. The molecule has 0 saturated heterocycles. The second-order valence-electron chi connectivity index (χ2n) is 6.98. The number of rotatable bonds is 5. The van der Waals surface area contributed by atoms with Crippen molar-refractivity contribution in [1.82, 2.24) is 10.3 Å². The molecule has 1 N–H and O–H groups in total. The summed E-state index contributed by atoms with van der Waals surface area (Å²) < 4.78 is 41.8. The van der Waals surface area contributed by atoms with Gasteiger partial charge in [0, 0.05) is 10.3 Å². The van der Waals surface area contributed by atoms with Crippen LogP contribution in [0.1, 0.15) is 32.9 Å². The summed E-state index contributed by atoms with van der Waals surface area (Å²) in [4.78, 5) is 30.3. The molecular formula is C22H17F3N2O3S. The van der Waals surface area contributed by atoms with E-state index in [9.17, 15) is 22.8 Å². The van der Waals surface area contributed by atoms with Gasteiger partial charge in [-0.25, -0.2) is 9.78 Å². The first-order chi connectivity index (χ1) is 14.8. The van der Waals surface area contributed by atoms with Crippen molar-refractivity contribution in [3.63, 3.8) is 0 Å². The molecule has 3 aromatic rings. The van der Waals surface area contributed by atoms with Crippen LogP contribution in [-0.2, 0) is 16.0 Å². The van der Waals surface area contributed by atoms with Crippen LogP contribution in [0.3, 0.4) is 0 Å². The number of nitrogens with one attached hydrogen (secondary N) is 1. The molecule has 0 bridgehead atoms. The van der Waals surface area contributed by atoms with Crippen molar-refractivity contribution in [3.05, 3.63) is 63.5 Å². The Hall–Kier alpha value is -3.20.